The van der Waals surface area contributed by atoms with Crippen LogP contribution in [0.25, 0.3) is 0 Å². The standard InChI is InChI=1S/C18H15ClN2O6/c1-26-16-9-12(21(24)25)6-7-14(16)20-10-11(8-17(20)22)18(23)27-15-5-3-2-4-13(15)19/h2-7,9,11H,8,10H2,1H3/t11-/m1/s1. The Morgan fingerprint density at radius 2 is 2.00 bits per heavy atom. The van der Waals surface area contributed by atoms with Crippen LogP contribution < -0.4 is 14.4 Å². The van der Waals surface area contributed by atoms with Crippen LogP contribution in [0.3, 0.4) is 0 Å². The zero-order valence-electron chi connectivity index (χ0n) is 14.3. The number of nitrogens with zero attached hydrogens (tertiary/aromatic N) is 2. The molecule has 0 unspecified atom stereocenters. The number of anilines is 1. The van der Waals surface area contributed by atoms with Crippen molar-refractivity contribution in [3.8, 4) is 11.5 Å². The minimum Gasteiger partial charge on any atom is -0.494 e. The van der Waals surface area contributed by atoms with Gasteiger partial charge >= 0.3 is 5.97 Å². The Morgan fingerprint density at radius 1 is 1.26 bits per heavy atom. The third kappa shape index (κ3) is 3.85. The number of nitro groups is 1. The lowest BCUT2D eigenvalue weighted by atomic mass is 10.1. The highest BCUT2D eigenvalue weighted by atomic mass is 35.5. The van der Waals surface area contributed by atoms with Gasteiger partial charge < -0.3 is 14.4 Å². The van der Waals surface area contributed by atoms with Crippen LogP contribution in [0.15, 0.2) is 42.5 Å². The second-order valence-electron chi connectivity index (χ2n) is 5.87. The van der Waals surface area contributed by atoms with Crippen molar-refractivity contribution in [1.82, 2.24) is 0 Å². The Bertz CT molecular complexity index is 916. The molecule has 1 atom stereocenters. The molecule has 1 saturated heterocycles. The van der Waals surface area contributed by atoms with Crippen LogP contribution in [-0.2, 0) is 9.59 Å². The summed E-state index contributed by atoms with van der Waals surface area (Å²) in [5.41, 5.74) is 0.207. The predicted octanol–water partition coefficient (Wildman–Crippen LogP) is 3.22. The number of non-ortho nitro benzene ring substituents is 1. The Labute approximate surface area is 159 Å². The molecule has 0 bridgehead atoms. The number of ether oxygens (including phenoxy) is 2. The van der Waals surface area contributed by atoms with Crippen LogP contribution in [-0.4, -0.2) is 30.5 Å². The van der Waals surface area contributed by atoms with Crippen LogP contribution in [0.4, 0.5) is 11.4 Å². The first-order chi connectivity index (χ1) is 12.9. The third-order valence-electron chi connectivity index (χ3n) is 4.17. The maximum absolute atomic E-state index is 12.4. The Kier molecular flexibility index (Phi) is 5.27. The highest BCUT2D eigenvalue weighted by Gasteiger charge is 2.38. The Hall–Kier alpha value is -3.13. The van der Waals surface area contributed by atoms with Gasteiger partial charge in [0, 0.05) is 19.0 Å². The van der Waals surface area contributed by atoms with Gasteiger partial charge in [0.05, 0.1) is 34.7 Å². The normalized spacial score (nSPS) is 16.3. The molecular weight excluding hydrogens is 376 g/mol. The van der Waals surface area contributed by atoms with Gasteiger partial charge in [-0.1, -0.05) is 23.7 Å². The summed E-state index contributed by atoms with van der Waals surface area (Å²) in [6.07, 6.45) is -0.0383. The number of carbonyl (C=O) groups excluding carboxylic acids is 2. The van der Waals surface area contributed by atoms with Crippen molar-refractivity contribution in [1.29, 1.82) is 0 Å². The topological polar surface area (TPSA) is 99.0 Å². The van der Waals surface area contributed by atoms with E-state index >= 15 is 0 Å². The van der Waals surface area contributed by atoms with Crippen LogP contribution in [0.1, 0.15) is 6.42 Å². The molecular formula is C18H15ClN2O6. The molecule has 140 valence electrons. The lowest BCUT2D eigenvalue weighted by Crippen LogP contribution is -2.27. The van der Waals surface area contributed by atoms with E-state index in [4.69, 9.17) is 21.1 Å². The monoisotopic (exact) mass is 390 g/mol. The largest absolute Gasteiger partial charge is 0.494 e. The van der Waals surface area contributed by atoms with Crippen molar-refractivity contribution in [2.24, 2.45) is 5.92 Å². The lowest BCUT2D eigenvalue weighted by Gasteiger charge is -2.19. The van der Waals surface area contributed by atoms with E-state index in [2.05, 4.69) is 0 Å². The summed E-state index contributed by atoms with van der Waals surface area (Å²) in [6.45, 7) is 0.0797. The molecule has 0 aromatic heterocycles. The number of carbonyl (C=O) groups is 2. The number of esters is 1. The highest BCUT2D eigenvalue weighted by Crippen LogP contribution is 2.36. The van der Waals surface area contributed by atoms with E-state index < -0.39 is 16.8 Å². The van der Waals surface area contributed by atoms with Crippen LogP contribution >= 0.6 is 11.6 Å². The van der Waals surface area contributed by atoms with E-state index in [0.29, 0.717) is 10.7 Å². The molecule has 1 aliphatic rings. The van der Waals surface area contributed by atoms with Crippen molar-refractivity contribution in [2.45, 2.75) is 6.42 Å². The number of benzene rings is 2. The first-order valence-electron chi connectivity index (χ1n) is 7.99. The van der Waals surface area contributed by atoms with Gasteiger partial charge in [0.15, 0.2) is 0 Å². The maximum atomic E-state index is 12.4. The molecule has 2 aromatic rings. The summed E-state index contributed by atoms with van der Waals surface area (Å²) in [4.78, 5) is 36.5. The second-order valence-corrected chi connectivity index (χ2v) is 6.28. The molecule has 1 heterocycles. The van der Waals surface area contributed by atoms with Gasteiger partial charge in [-0.3, -0.25) is 19.7 Å². The van der Waals surface area contributed by atoms with E-state index in [1.807, 2.05) is 0 Å². The summed E-state index contributed by atoms with van der Waals surface area (Å²) in [5.74, 6) is -1.16. The summed E-state index contributed by atoms with van der Waals surface area (Å²) in [6, 6.07) is 10.5. The molecule has 0 spiro atoms. The van der Waals surface area contributed by atoms with Gasteiger partial charge in [-0.15, -0.1) is 0 Å². The zero-order chi connectivity index (χ0) is 19.6. The van der Waals surface area contributed by atoms with Gasteiger partial charge in [-0.2, -0.15) is 0 Å². The molecule has 0 aliphatic carbocycles. The molecule has 3 rings (SSSR count). The molecule has 1 amide bonds. The maximum Gasteiger partial charge on any atom is 0.316 e. The fourth-order valence-corrected chi connectivity index (χ4v) is 2.99. The van der Waals surface area contributed by atoms with Crippen molar-refractivity contribution in [3.05, 3.63) is 57.6 Å². The van der Waals surface area contributed by atoms with Gasteiger partial charge in [0.25, 0.3) is 5.69 Å². The van der Waals surface area contributed by atoms with Crippen molar-refractivity contribution < 1.29 is 24.0 Å². The zero-order valence-corrected chi connectivity index (χ0v) is 15.0. The number of hydrogen-bond acceptors (Lipinski definition) is 6. The first kappa shape index (κ1) is 18.7. The van der Waals surface area contributed by atoms with E-state index in [1.54, 1.807) is 24.3 Å². The molecule has 8 nitrogen and oxygen atoms in total. The van der Waals surface area contributed by atoms with Gasteiger partial charge in [0.1, 0.15) is 11.5 Å². The van der Waals surface area contributed by atoms with Gasteiger partial charge in [-0.25, -0.2) is 0 Å². The lowest BCUT2D eigenvalue weighted by molar-refractivity contribution is -0.384. The average Bonchev–Trinajstić information content (AvgIpc) is 3.04. The number of methoxy groups -OCH3 is 1. The molecule has 1 aliphatic heterocycles. The van der Waals surface area contributed by atoms with Gasteiger partial charge in [0.2, 0.25) is 5.91 Å². The number of halogens is 1. The fraction of sp³-hybridized carbons (Fsp3) is 0.222. The first-order valence-corrected chi connectivity index (χ1v) is 8.37. The Balaban J connectivity index is 1.78. The number of hydrogen-bond donors (Lipinski definition) is 0. The molecule has 27 heavy (non-hydrogen) atoms. The number of para-hydroxylation sites is 1. The predicted molar refractivity (Wildman–Crippen MR) is 97.2 cm³/mol. The van der Waals surface area contributed by atoms with Crippen LogP contribution in [0, 0.1) is 16.0 Å². The number of nitro benzene ring substituents is 1. The molecule has 2 aromatic carbocycles. The summed E-state index contributed by atoms with van der Waals surface area (Å²) in [7, 11) is 1.35. The third-order valence-corrected chi connectivity index (χ3v) is 4.48. The van der Waals surface area contributed by atoms with E-state index in [0.717, 1.165) is 0 Å². The summed E-state index contributed by atoms with van der Waals surface area (Å²) in [5, 5.41) is 11.2. The Morgan fingerprint density at radius 3 is 2.67 bits per heavy atom. The minimum absolute atomic E-state index is 0.0383. The SMILES string of the molecule is COc1cc([N+](=O)[O-])ccc1N1C[C@H](C(=O)Oc2ccccc2Cl)CC1=O. The van der Waals surface area contributed by atoms with Crippen molar-refractivity contribution >= 4 is 34.9 Å². The van der Waals surface area contributed by atoms with Crippen molar-refractivity contribution in [3.63, 3.8) is 0 Å². The molecule has 0 radical (unpaired) electrons. The van der Waals surface area contributed by atoms with E-state index in [1.165, 1.54) is 30.2 Å². The van der Waals surface area contributed by atoms with E-state index in [-0.39, 0.29) is 36.1 Å². The number of rotatable bonds is 5. The fourth-order valence-electron chi connectivity index (χ4n) is 2.82. The van der Waals surface area contributed by atoms with Gasteiger partial charge in [-0.05, 0) is 18.2 Å². The van der Waals surface area contributed by atoms with Crippen LogP contribution in [0.5, 0.6) is 11.5 Å². The number of amides is 1. The molecule has 9 heteroatoms. The second kappa shape index (κ2) is 7.63. The molecule has 0 N–H and O–H groups in total. The van der Waals surface area contributed by atoms with Crippen molar-refractivity contribution in [2.75, 3.05) is 18.6 Å². The molecule has 1 fully saturated rings. The summed E-state index contributed by atoms with van der Waals surface area (Å²) >= 11 is 5.98. The highest BCUT2D eigenvalue weighted by molar-refractivity contribution is 6.32. The quantitative estimate of drug-likeness (QED) is 0.336. The average molecular weight is 391 g/mol. The minimum atomic E-state index is -0.686. The van der Waals surface area contributed by atoms with E-state index in [9.17, 15) is 19.7 Å². The summed E-state index contributed by atoms with van der Waals surface area (Å²) < 4.78 is 10.5. The van der Waals surface area contributed by atoms with Crippen LogP contribution in [0.2, 0.25) is 5.02 Å². The smallest absolute Gasteiger partial charge is 0.316 e. The molecule has 0 saturated carbocycles.